The van der Waals surface area contributed by atoms with Gasteiger partial charge < -0.3 is 9.64 Å². The van der Waals surface area contributed by atoms with E-state index in [0.29, 0.717) is 0 Å². The minimum atomic E-state index is 0.166. The zero-order valence-corrected chi connectivity index (χ0v) is 9.00. The molecule has 0 radical (unpaired) electrons. The van der Waals surface area contributed by atoms with E-state index in [9.17, 15) is 4.79 Å². The van der Waals surface area contributed by atoms with Gasteiger partial charge in [-0.3, -0.25) is 4.79 Å². The van der Waals surface area contributed by atoms with Crippen molar-refractivity contribution in [3.8, 4) is 0 Å². The number of hydrogen-bond acceptors (Lipinski definition) is 2. The van der Waals surface area contributed by atoms with Gasteiger partial charge in [-0.15, -0.1) is 11.6 Å². The molecule has 2 rings (SSSR count). The number of nitrogens with zero attached hydrogens (tertiary/aromatic N) is 1. The summed E-state index contributed by atoms with van der Waals surface area (Å²) in [5.74, 6) is 0.474. The van der Waals surface area contributed by atoms with Gasteiger partial charge in [-0.1, -0.05) is 0 Å². The van der Waals surface area contributed by atoms with Crippen LogP contribution in [-0.4, -0.2) is 42.5 Å². The maximum atomic E-state index is 12.0. The molecular formula is C10H16ClNO2. The van der Waals surface area contributed by atoms with Crippen LogP contribution in [0.1, 0.15) is 19.3 Å². The van der Waals surface area contributed by atoms with Gasteiger partial charge in [0.1, 0.15) is 0 Å². The number of carbonyl (C=O) groups is 1. The molecule has 2 fully saturated rings. The van der Waals surface area contributed by atoms with Crippen molar-refractivity contribution in [2.75, 3.05) is 26.3 Å². The smallest absolute Gasteiger partial charge is 0.225 e. The second-order valence-corrected chi connectivity index (χ2v) is 4.67. The van der Waals surface area contributed by atoms with E-state index in [1.807, 2.05) is 4.90 Å². The Morgan fingerprint density at radius 3 is 2.57 bits per heavy atom. The predicted octanol–water partition coefficient (Wildman–Crippen LogP) is 1.25. The Bertz CT molecular complexity index is 209. The van der Waals surface area contributed by atoms with Crippen molar-refractivity contribution in [1.29, 1.82) is 0 Å². The van der Waals surface area contributed by atoms with Gasteiger partial charge >= 0.3 is 0 Å². The summed E-state index contributed by atoms with van der Waals surface area (Å²) in [6.07, 6.45) is 2.70. The molecule has 4 heteroatoms. The molecule has 1 unspecified atom stereocenters. The molecule has 0 N–H and O–H groups in total. The Morgan fingerprint density at radius 2 is 2.00 bits per heavy atom. The molecule has 0 saturated carbocycles. The number of likely N-dealkylation sites (tertiary alicyclic amines) is 1. The molecule has 80 valence electrons. The number of alkyl halides is 1. The minimum Gasteiger partial charge on any atom is -0.381 e. The molecule has 14 heavy (non-hydrogen) atoms. The van der Waals surface area contributed by atoms with Crippen LogP contribution in [0.4, 0.5) is 0 Å². The van der Waals surface area contributed by atoms with Crippen LogP contribution in [0.2, 0.25) is 0 Å². The number of carbonyl (C=O) groups excluding carboxylic acids is 1. The molecule has 0 spiro atoms. The molecule has 3 nitrogen and oxygen atoms in total. The number of hydrogen-bond donors (Lipinski definition) is 0. The first-order chi connectivity index (χ1) is 6.77. The summed E-state index contributed by atoms with van der Waals surface area (Å²) in [7, 11) is 0. The standard InChI is InChI=1S/C10H16ClNO2/c11-9-1-4-12(7-9)10(13)8-2-5-14-6-3-8/h8-9H,1-7H2. The van der Waals surface area contributed by atoms with Crippen LogP contribution in [0.3, 0.4) is 0 Å². The van der Waals surface area contributed by atoms with E-state index < -0.39 is 0 Å². The van der Waals surface area contributed by atoms with Crippen LogP contribution < -0.4 is 0 Å². The van der Waals surface area contributed by atoms with E-state index in [4.69, 9.17) is 16.3 Å². The molecule has 2 saturated heterocycles. The summed E-state index contributed by atoms with van der Waals surface area (Å²) in [5.41, 5.74) is 0. The molecular weight excluding hydrogens is 202 g/mol. The summed E-state index contributed by atoms with van der Waals surface area (Å²) in [6, 6.07) is 0. The van der Waals surface area contributed by atoms with Crippen molar-refractivity contribution in [3.05, 3.63) is 0 Å². The lowest BCUT2D eigenvalue weighted by Gasteiger charge is -2.26. The number of rotatable bonds is 1. The van der Waals surface area contributed by atoms with Crippen molar-refractivity contribution < 1.29 is 9.53 Å². The van der Waals surface area contributed by atoms with Gasteiger partial charge in [0.25, 0.3) is 0 Å². The molecule has 0 aromatic heterocycles. The fourth-order valence-corrected chi connectivity index (χ4v) is 2.38. The Balaban J connectivity index is 1.87. The van der Waals surface area contributed by atoms with Crippen molar-refractivity contribution in [3.63, 3.8) is 0 Å². The highest BCUT2D eigenvalue weighted by molar-refractivity contribution is 6.21. The maximum Gasteiger partial charge on any atom is 0.225 e. The average molecular weight is 218 g/mol. The fourth-order valence-electron chi connectivity index (χ4n) is 2.12. The summed E-state index contributed by atoms with van der Waals surface area (Å²) < 4.78 is 5.24. The van der Waals surface area contributed by atoms with Gasteiger partial charge in [0.2, 0.25) is 5.91 Å². The minimum absolute atomic E-state index is 0.166. The third-order valence-corrected chi connectivity index (χ3v) is 3.37. The van der Waals surface area contributed by atoms with Crippen LogP contribution in [0, 0.1) is 5.92 Å². The fraction of sp³-hybridized carbons (Fsp3) is 0.900. The number of ether oxygens (including phenoxy) is 1. The van der Waals surface area contributed by atoms with E-state index in [-0.39, 0.29) is 17.2 Å². The molecule has 2 heterocycles. The molecule has 2 aliphatic rings. The Kier molecular flexibility index (Phi) is 3.29. The van der Waals surface area contributed by atoms with Gasteiger partial charge in [-0.2, -0.15) is 0 Å². The zero-order chi connectivity index (χ0) is 9.97. The van der Waals surface area contributed by atoms with Gasteiger partial charge in [0.15, 0.2) is 0 Å². The molecule has 0 aromatic carbocycles. The lowest BCUT2D eigenvalue weighted by Crippen LogP contribution is -2.37. The second-order valence-electron chi connectivity index (χ2n) is 4.06. The van der Waals surface area contributed by atoms with E-state index in [1.165, 1.54) is 0 Å². The Labute approximate surface area is 89.4 Å². The number of halogens is 1. The predicted molar refractivity (Wildman–Crippen MR) is 54.4 cm³/mol. The first-order valence-electron chi connectivity index (χ1n) is 5.28. The highest BCUT2D eigenvalue weighted by Crippen LogP contribution is 2.22. The Hall–Kier alpha value is -0.280. The summed E-state index contributed by atoms with van der Waals surface area (Å²) in [5, 5.41) is 0.166. The molecule has 1 atom stereocenters. The quantitative estimate of drug-likeness (QED) is 0.619. The third-order valence-electron chi connectivity index (χ3n) is 3.01. The summed E-state index contributed by atoms with van der Waals surface area (Å²) in [6.45, 7) is 3.03. The normalized spacial score (nSPS) is 29.5. The topological polar surface area (TPSA) is 29.5 Å². The van der Waals surface area contributed by atoms with Crippen molar-refractivity contribution in [2.45, 2.75) is 24.6 Å². The van der Waals surface area contributed by atoms with E-state index in [0.717, 1.165) is 45.6 Å². The van der Waals surface area contributed by atoms with Gasteiger partial charge in [0, 0.05) is 32.2 Å². The highest BCUT2D eigenvalue weighted by Gasteiger charge is 2.30. The largest absolute Gasteiger partial charge is 0.381 e. The van der Waals surface area contributed by atoms with Crippen LogP contribution in [0.5, 0.6) is 0 Å². The summed E-state index contributed by atoms with van der Waals surface area (Å²) in [4.78, 5) is 13.9. The first-order valence-corrected chi connectivity index (χ1v) is 5.71. The van der Waals surface area contributed by atoms with E-state index in [1.54, 1.807) is 0 Å². The van der Waals surface area contributed by atoms with Crippen molar-refractivity contribution in [2.24, 2.45) is 5.92 Å². The average Bonchev–Trinajstić information content (AvgIpc) is 2.65. The van der Waals surface area contributed by atoms with Crippen LogP contribution >= 0.6 is 11.6 Å². The van der Waals surface area contributed by atoms with Gasteiger partial charge in [-0.25, -0.2) is 0 Å². The third kappa shape index (κ3) is 2.20. The lowest BCUT2D eigenvalue weighted by molar-refractivity contribution is -0.137. The van der Waals surface area contributed by atoms with Crippen LogP contribution in [0.25, 0.3) is 0 Å². The van der Waals surface area contributed by atoms with Gasteiger partial charge in [0.05, 0.1) is 5.38 Å². The van der Waals surface area contributed by atoms with E-state index >= 15 is 0 Å². The molecule has 2 aliphatic heterocycles. The summed E-state index contributed by atoms with van der Waals surface area (Å²) >= 11 is 5.97. The maximum absolute atomic E-state index is 12.0. The van der Waals surface area contributed by atoms with Crippen molar-refractivity contribution in [1.82, 2.24) is 4.90 Å². The Morgan fingerprint density at radius 1 is 1.29 bits per heavy atom. The molecule has 0 bridgehead atoms. The molecule has 0 aliphatic carbocycles. The van der Waals surface area contributed by atoms with Gasteiger partial charge in [-0.05, 0) is 19.3 Å². The van der Waals surface area contributed by atoms with E-state index in [2.05, 4.69) is 0 Å². The first kappa shape index (κ1) is 10.2. The monoisotopic (exact) mass is 217 g/mol. The zero-order valence-electron chi connectivity index (χ0n) is 8.25. The number of amides is 1. The van der Waals surface area contributed by atoms with Crippen molar-refractivity contribution >= 4 is 17.5 Å². The molecule has 0 aromatic rings. The molecule has 1 amide bonds. The second kappa shape index (κ2) is 4.49. The van der Waals surface area contributed by atoms with Crippen LogP contribution in [0.15, 0.2) is 0 Å². The SMILES string of the molecule is O=C(C1CCOCC1)N1CCC(Cl)C1. The lowest BCUT2D eigenvalue weighted by atomic mass is 9.99. The van der Waals surface area contributed by atoms with Crippen LogP contribution in [-0.2, 0) is 9.53 Å². The highest BCUT2D eigenvalue weighted by atomic mass is 35.5.